The zero-order chi connectivity index (χ0) is 12.6. The zero-order valence-corrected chi connectivity index (χ0v) is 11.1. The van der Waals surface area contributed by atoms with Crippen LogP contribution in [0.1, 0.15) is 31.5 Å². The molecule has 0 radical (unpaired) electrons. The van der Waals surface area contributed by atoms with Crippen LogP contribution < -0.4 is 5.73 Å². The van der Waals surface area contributed by atoms with Crippen LogP contribution >= 0.6 is 12.4 Å². The van der Waals surface area contributed by atoms with Gasteiger partial charge in [-0.1, -0.05) is 18.0 Å². The van der Waals surface area contributed by atoms with Crippen LogP contribution in [0.2, 0.25) is 0 Å². The van der Waals surface area contributed by atoms with Gasteiger partial charge in [0.1, 0.15) is 5.82 Å². The van der Waals surface area contributed by atoms with Crippen molar-refractivity contribution in [2.24, 2.45) is 5.73 Å². The Morgan fingerprint density at radius 3 is 2.42 bits per heavy atom. The van der Waals surface area contributed by atoms with E-state index in [0.717, 1.165) is 25.7 Å². The molecule has 1 aromatic heterocycles. The Kier molecular flexibility index (Phi) is 3.87. The highest BCUT2D eigenvalue weighted by Gasteiger charge is 2.36. The molecule has 0 bridgehead atoms. The lowest BCUT2D eigenvalue weighted by atomic mass is 9.99. The smallest absolute Gasteiger partial charge is 0.257 e. The maximum atomic E-state index is 12.8. The standard InChI is InChI=1S/C13H14FN3O.ClH/c14-10-5-3-9(4-6-10)11-16-12(17-18-11)13(15)7-1-2-8-13;/h3-6H,1-2,7-8,15H2;1H. The van der Waals surface area contributed by atoms with Crippen molar-refractivity contribution >= 4 is 12.4 Å². The van der Waals surface area contributed by atoms with E-state index < -0.39 is 5.54 Å². The quantitative estimate of drug-likeness (QED) is 0.920. The van der Waals surface area contributed by atoms with Gasteiger partial charge >= 0.3 is 0 Å². The largest absolute Gasteiger partial charge is 0.334 e. The summed E-state index contributed by atoms with van der Waals surface area (Å²) in [6.45, 7) is 0. The van der Waals surface area contributed by atoms with Gasteiger partial charge in [0, 0.05) is 5.56 Å². The normalized spacial score (nSPS) is 17.2. The molecule has 19 heavy (non-hydrogen) atoms. The molecule has 1 aliphatic rings. The van der Waals surface area contributed by atoms with Crippen LogP contribution in [-0.2, 0) is 5.54 Å². The molecular formula is C13H15ClFN3O. The van der Waals surface area contributed by atoms with E-state index in [-0.39, 0.29) is 18.2 Å². The fraction of sp³-hybridized carbons (Fsp3) is 0.385. The molecule has 1 heterocycles. The van der Waals surface area contributed by atoms with Crippen molar-refractivity contribution in [3.8, 4) is 11.5 Å². The first-order valence-electron chi connectivity index (χ1n) is 6.06. The molecule has 1 fully saturated rings. The van der Waals surface area contributed by atoms with Gasteiger partial charge < -0.3 is 10.3 Å². The van der Waals surface area contributed by atoms with Crippen LogP contribution in [0.5, 0.6) is 0 Å². The maximum absolute atomic E-state index is 12.8. The van der Waals surface area contributed by atoms with Crippen LogP contribution in [0.4, 0.5) is 4.39 Å². The zero-order valence-electron chi connectivity index (χ0n) is 10.3. The molecule has 2 aromatic rings. The lowest BCUT2D eigenvalue weighted by Crippen LogP contribution is -2.34. The van der Waals surface area contributed by atoms with Crippen molar-refractivity contribution in [3.05, 3.63) is 35.9 Å². The fourth-order valence-corrected chi connectivity index (χ4v) is 2.36. The third kappa shape index (κ3) is 2.62. The Morgan fingerprint density at radius 1 is 1.16 bits per heavy atom. The molecule has 102 valence electrons. The fourth-order valence-electron chi connectivity index (χ4n) is 2.36. The number of nitrogens with zero attached hydrogens (tertiary/aromatic N) is 2. The Morgan fingerprint density at radius 2 is 1.79 bits per heavy atom. The molecule has 1 aromatic carbocycles. The molecule has 0 saturated heterocycles. The Bertz CT molecular complexity index is 549. The van der Waals surface area contributed by atoms with Crippen molar-refractivity contribution in [1.29, 1.82) is 0 Å². The number of hydrogen-bond donors (Lipinski definition) is 1. The van der Waals surface area contributed by atoms with Crippen LogP contribution in [0, 0.1) is 5.82 Å². The molecule has 1 aliphatic carbocycles. The third-order valence-electron chi connectivity index (χ3n) is 3.46. The molecule has 1 saturated carbocycles. The van der Waals surface area contributed by atoms with E-state index in [1.54, 1.807) is 12.1 Å². The highest BCUT2D eigenvalue weighted by molar-refractivity contribution is 5.85. The van der Waals surface area contributed by atoms with Crippen LogP contribution in [0.15, 0.2) is 28.8 Å². The van der Waals surface area contributed by atoms with Gasteiger partial charge in [-0.2, -0.15) is 4.98 Å². The lowest BCUT2D eigenvalue weighted by Gasteiger charge is -2.17. The Hall–Kier alpha value is -1.46. The first-order valence-corrected chi connectivity index (χ1v) is 6.06. The van der Waals surface area contributed by atoms with Crippen LogP contribution in [0.25, 0.3) is 11.5 Å². The molecule has 0 amide bonds. The van der Waals surface area contributed by atoms with Gasteiger partial charge in [-0.3, -0.25) is 0 Å². The molecule has 0 atom stereocenters. The average molecular weight is 284 g/mol. The minimum atomic E-state index is -0.457. The summed E-state index contributed by atoms with van der Waals surface area (Å²) in [5.74, 6) is 0.658. The van der Waals surface area contributed by atoms with E-state index in [2.05, 4.69) is 10.1 Å². The van der Waals surface area contributed by atoms with E-state index in [9.17, 15) is 4.39 Å². The molecule has 0 aliphatic heterocycles. The monoisotopic (exact) mass is 283 g/mol. The summed E-state index contributed by atoms with van der Waals surface area (Å²) < 4.78 is 18.0. The highest BCUT2D eigenvalue weighted by Crippen LogP contribution is 2.35. The van der Waals surface area contributed by atoms with Gasteiger partial charge in [-0.05, 0) is 37.1 Å². The summed E-state index contributed by atoms with van der Waals surface area (Å²) in [6.07, 6.45) is 3.96. The summed E-state index contributed by atoms with van der Waals surface area (Å²) in [6, 6.07) is 5.97. The molecule has 2 N–H and O–H groups in total. The van der Waals surface area contributed by atoms with E-state index in [0.29, 0.717) is 17.3 Å². The predicted octanol–water partition coefficient (Wildman–Crippen LogP) is 3.03. The lowest BCUT2D eigenvalue weighted by molar-refractivity contribution is 0.372. The first-order chi connectivity index (χ1) is 8.67. The number of rotatable bonds is 2. The number of hydrogen-bond acceptors (Lipinski definition) is 4. The minimum Gasteiger partial charge on any atom is -0.334 e. The summed E-state index contributed by atoms with van der Waals surface area (Å²) in [7, 11) is 0. The second-order valence-corrected chi connectivity index (χ2v) is 4.79. The second-order valence-electron chi connectivity index (χ2n) is 4.79. The van der Waals surface area contributed by atoms with Crippen molar-refractivity contribution in [1.82, 2.24) is 10.1 Å². The molecular weight excluding hydrogens is 269 g/mol. The summed E-state index contributed by atoms with van der Waals surface area (Å²) in [5.41, 5.74) is 6.50. The molecule has 3 rings (SSSR count). The number of halogens is 2. The molecule has 4 nitrogen and oxygen atoms in total. The van der Waals surface area contributed by atoms with Crippen molar-refractivity contribution in [2.45, 2.75) is 31.2 Å². The predicted molar refractivity (Wildman–Crippen MR) is 71.3 cm³/mol. The third-order valence-corrected chi connectivity index (χ3v) is 3.46. The van der Waals surface area contributed by atoms with Gasteiger partial charge in [0.2, 0.25) is 0 Å². The van der Waals surface area contributed by atoms with Crippen LogP contribution in [-0.4, -0.2) is 10.1 Å². The van der Waals surface area contributed by atoms with Crippen molar-refractivity contribution in [3.63, 3.8) is 0 Å². The van der Waals surface area contributed by atoms with E-state index in [4.69, 9.17) is 10.3 Å². The Labute approximate surface area is 116 Å². The molecule has 0 spiro atoms. The number of nitrogens with two attached hydrogens (primary N) is 1. The van der Waals surface area contributed by atoms with E-state index >= 15 is 0 Å². The summed E-state index contributed by atoms with van der Waals surface area (Å²) in [5, 5.41) is 3.96. The minimum absolute atomic E-state index is 0. The van der Waals surface area contributed by atoms with Crippen LogP contribution in [0.3, 0.4) is 0 Å². The number of aromatic nitrogens is 2. The Balaban J connectivity index is 0.00000133. The first kappa shape index (κ1) is 14.0. The highest BCUT2D eigenvalue weighted by atomic mass is 35.5. The van der Waals surface area contributed by atoms with Gasteiger partial charge in [0.05, 0.1) is 5.54 Å². The van der Waals surface area contributed by atoms with Gasteiger partial charge in [-0.25, -0.2) is 4.39 Å². The average Bonchev–Trinajstić information content (AvgIpc) is 2.99. The van der Waals surface area contributed by atoms with E-state index in [1.165, 1.54) is 12.1 Å². The second kappa shape index (κ2) is 5.27. The SMILES string of the molecule is Cl.NC1(c2noc(-c3ccc(F)cc3)n2)CCCC1. The van der Waals surface area contributed by atoms with E-state index in [1.807, 2.05) is 0 Å². The number of benzene rings is 1. The van der Waals surface area contributed by atoms with Crippen molar-refractivity contribution < 1.29 is 8.91 Å². The topological polar surface area (TPSA) is 64.9 Å². The maximum Gasteiger partial charge on any atom is 0.257 e. The van der Waals surface area contributed by atoms with Gasteiger partial charge in [0.15, 0.2) is 5.82 Å². The van der Waals surface area contributed by atoms with Crippen molar-refractivity contribution in [2.75, 3.05) is 0 Å². The molecule has 0 unspecified atom stereocenters. The summed E-state index contributed by atoms with van der Waals surface area (Å²) >= 11 is 0. The molecule has 6 heteroatoms. The van der Waals surface area contributed by atoms with Gasteiger partial charge in [-0.15, -0.1) is 12.4 Å². The van der Waals surface area contributed by atoms with Gasteiger partial charge in [0.25, 0.3) is 5.89 Å². The summed E-state index contributed by atoms with van der Waals surface area (Å²) in [4.78, 5) is 4.34.